The van der Waals surface area contributed by atoms with Crippen LogP contribution < -0.4 is 25.1 Å². The maximum atomic E-state index is 13.6. The summed E-state index contributed by atoms with van der Waals surface area (Å²) >= 11 is 0. The van der Waals surface area contributed by atoms with Gasteiger partial charge < -0.3 is 29.0 Å². The molecule has 1 saturated heterocycles. The van der Waals surface area contributed by atoms with E-state index in [0.717, 1.165) is 5.56 Å². The largest absolute Gasteiger partial charge is 0.586 e. The first kappa shape index (κ1) is 25.3. The number of nitrogens with one attached hydrogen (secondary N) is 1. The first-order valence-electron chi connectivity index (χ1n) is 12.3. The number of rotatable bonds is 5. The van der Waals surface area contributed by atoms with E-state index < -0.39 is 35.1 Å². The molecule has 2 atom stereocenters. The molecule has 1 fully saturated rings. The van der Waals surface area contributed by atoms with E-state index in [1.54, 1.807) is 20.8 Å². The normalized spacial score (nSPS) is 23.8. The molecule has 204 valence electrons. The highest BCUT2D eigenvalue weighted by Crippen LogP contribution is 2.50. The number of hydrogen-bond acceptors (Lipinski definition) is 8. The second kappa shape index (κ2) is 8.75. The minimum Gasteiger partial charge on any atom is -0.492 e. The van der Waals surface area contributed by atoms with Gasteiger partial charge in [0.2, 0.25) is 5.91 Å². The van der Waals surface area contributed by atoms with Crippen molar-refractivity contribution in [2.45, 2.75) is 50.9 Å². The zero-order chi connectivity index (χ0) is 27.6. The van der Waals surface area contributed by atoms with Gasteiger partial charge in [-0.1, -0.05) is 30.3 Å². The van der Waals surface area contributed by atoms with Crippen LogP contribution in [0.25, 0.3) is 11.3 Å². The summed E-state index contributed by atoms with van der Waals surface area (Å²) in [6, 6.07) is 13.3. The number of hydrogen-bond donors (Lipinski definition) is 1. The van der Waals surface area contributed by atoms with Crippen molar-refractivity contribution in [3.8, 4) is 28.5 Å². The fraction of sp³-hybridized carbons (Fsp3) is 0.370. The highest BCUT2D eigenvalue weighted by atomic mass is 19.3. The molecule has 1 aromatic heterocycles. The number of nitrogens with zero attached hydrogens (tertiary/aromatic N) is 2. The molecule has 1 N–H and O–H groups in total. The quantitative estimate of drug-likeness (QED) is 0.521. The summed E-state index contributed by atoms with van der Waals surface area (Å²) < 4.78 is 54.6. The molecule has 4 heterocycles. The highest BCUT2D eigenvalue weighted by molar-refractivity contribution is 6.00. The number of carbonyl (C=O) groups is 1. The van der Waals surface area contributed by atoms with Gasteiger partial charge in [0.05, 0.1) is 18.8 Å². The van der Waals surface area contributed by atoms with Crippen LogP contribution in [0.5, 0.6) is 17.2 Å². The van der Waals surface area contributed by atoms with Gasteiger partial charge >= 0.3 is 6.29 Å². The summed E-state index contributed by atoms with van der Waals surface area (Å²) in [4.78, 5) is 27.1. The molecular formula is C27H25F2N3O7. The molecule has 12 heteroatoms. The van der Waals surface area contributed by atoms with E-state index in [4.69, 9.17) is 14.2 Å². The molecule has 10 nitrogen and oxygen atoms in total. The first-order chi connectivity index (χ1) is 18.4. The number of alkyl halides is 2. The third-order valence-electron chi connectivity index (χ3n) is 6.85. The molecule has 3 aliphatic rings. The lowest BCUT2D eigenvalue weighted by atomic mass is 9.83. The minimum atomic E-state index is -3.81. The minimum absolute atomic E-state index is 0.00557. The maximum absolute atomic E-state index is 13.6. The zero-order valence-electron chi connectivity index (χ0n) is 21.3. The first-order valence-corrected chi connectivity index (χ1v) is 12.3. The highest BCUT2D eigenvalue weighted by Gasteiger charge is 2.49. The summed E-state index contributed by atoms with van der Waals surface area (Å²) in [5.74, 6) is -1.53. The fourth-order valence-electron chi connectivity index (χ4n) is 4.83. The van der Waals surface area contributed by atoms with E-state index in [1.165, 1.54) is 22.9 Å². The van der Waals surface area contributed by atoms with E-state index in [9.17, 15) is 18.4 Å². The Morgan fingerprint density at radius 1 is 1.08 bits per heavy atom. The van der Waals surface area contributed by atoms with Gasteiger partial charge in [0.25, 0.3) is 5.56 Å². The predicted octanol–water partition coefficient (Wildman–Crippen LogP) is 3.67. The van der Waals surface area contributed by atoms with Crippen LogP contribution in [0, 0.1) is 0 Å². The number of carbonyl (C=O) groups excluding carboxylic acids is 1. The summed E-state index contributed by atoms with van der Waals surface area (Å²) in [5, 5.41) is 7.24. The molecule has 0 saturated carbocycles. The average Bonchev–Trinajstić information content (AvgIpc) is 3.51. The van der Waals surface area contributed by atoms with Crippen LogP contribution in [0.3, 0.4) is 0 Å². The van der Waals surface area contributed by atoms with Gasteiger partial charge in [-0.3, -0.25) is 9.59 Å². The number of ether oxygens (including phenoxy) is 5. The molecule has 6 rings (SSSR count). The van der Waals surface area contributed by atoms with Gasteiger partial charge in [0.15, 0.2) is 17.3 Å². The number of halogens is 2. The monoisotopic (exact) mass is 541 g/mol. The lowest BCUT2D eigenvalue weighted by Crippen LogP contribution is -2.41. The van der Waals surface area contributed by atoms with E-state index >= 15 is 0 Å². The van der Waals surface area contributed by atoms with Crippen molar-refractivity contribution < 1.29 is 37.3 Å². The lowest BCUT2D eigenvalue weighted by molar-refractivity contribution is -0.286. The maximum Gasteiger partial charge on any atom is 0.586 e. The van der Waals surface area contributed by atoms with Crippen LogP contribution in [0.4, 0.5) is 14.5 Å². The molecule has 0 bridgehead atoms. The summed E-state index contributed by atoms with van der Waals surface area (Å²) in [6.07, 6.45) is -4.23. The van der Waals surface area contributed by atoms with Crippen molar-refractivity contribution in [3.05, 3.63) is 64.4 Å². The molecule has 39 heavy (non-hydrogen) atoms. The van der Waals surface area contributed by atoms with E-state index in [1.807, 2.05) is 30.3 Å². The summed E-state index contributed by atoms with van der Waals surface area (Å²) in [6.45, 7) is 5.46. The Labute approximate surface area is 221 Å². The standard InChI is InChI=1S/C27H25F2N3O7/c1-25(2)36-13-16(37-25)12-32-23(33)19(10-18(31-32)15-7-5-4-6-8-15)30-24(34)26(3)14-35-20-11-22-21(9-17(20)26)38-27(28,29)39-22/h4-11,16H,12-14H2,1-3H3,(H,30,34)/t16-,26-/m1/s1. The summed E-state index contributed by atoms with van der Waals surface area (Å²) in [7, 11) is 0. The van der Waals surface area contributed by atoms with Crippen molar-refractivity contribution in [3.63, 3.8) is 0 Å². The Bertz CT molecular complexity index is 1530. The topological polar surface area (TPSA) is 110 Å². The predicted molar refractivity (Wildman–Crippen MR) is 133 cm³/mol. The van der Waals surface area contributed by atoms with E-state index in [-0.39, 0.29) is 42.7 Å². The molecular weight excluding hydrogens is 516 g/mol. The van der Waals surface area contributed by atoms with Crippen LogP contribution in [-0.2, 0) is 26.2 Å². The van der Waals surface area contributed by atoms with Gasteiger partial charge in [-0.05, 0) is 32.9 Å². The zero-order valence-corrected chi connectivity index (χ0v) is 21.3. The molecule has 0 spiro atoms. The Balaban J connectivity index is 1.34. The van der Waals surface area contributed by atoms with Gasteiger partial charge in [0, 0.05) is 17.2 Å². The van der Waals surface area contributed by atoms with Crippen LogP contribution >= 0.6 is 0 Å². The van der Waals surface area contributed by atoms with Crippen molar-refractivity contribution in [2.75, 3.05) is 18.5 Å². The van der Waals surface area contributed by atoms with E-state index in [0.29, 0.717) is 11.3 Å². The molecule has 1 amide bonds. The fourth-order valence-corrected chi connectivity index (χ4v) is 4.83. The van der Waals surface area contributed by atoms with Crippen LogP contribution in [0.2, 0.25) is 0 Å². The van der Waals surface area contributed by atoms with E-state index in [2.05, 4.69) is 19.9 Å². The average molecular weight is 542 g/mol. The summed E-state index contributed by atoms with van der Waals surface area (Å²) in [5.41, 5.74) is -0.330. The van der Waals surface area contributed by atoms with Crippen molar-refractivity contribution in [2.24, 2.45) is 0 Å². The Morgan fingerprint density at radius 2 is 1.79 bits per heavy atom. The third-order valence-corrected chi connectivity index (χ3v) is 6.85. The van der Waals surface area contributed by atoms with Gasteiger partial charge in [-0.15, -0.1) is 8.78 Å². The Kier molecular flexibility index (Phi) is 5.67. The molecule has 0 aliphatic carbocycles. The van der Waals surface area contributed by atoms with Gasteiger partial charge in [-0.2, -0.15) is 5.10 Å². The molecule has 0 radical (unpaired) electrons. The van der Waals surface area contributed by atoms with Gasteiger partial charge in [-0.25, -0.2) is 4.68 Å². The second-order valence-electron chi connectivity index (χ2n) is 10.3. The number of anilines is 1. The molecule has 3 aliphatic heterocycles. The SMILES string of the molecule is CC1(C)OC[C@@H](Cn2nc(-c3ccccc3)cc(NC(=O)[C@]3(C)COc4cc5c(cc43)OC(F)(F)O5)c2=O)O1. The smallest absolute Gasteiger partial charge is 0.492 e. The number of benzene rings is 2. The lowest BCUT2D eigenvalue weighted by Gasteiger charge is -2.22. The number of fused-ring (bicyclic) bond motifs is 2. The molecule has 3 aromatic rings. The van der Waals surface area contributed by atoms with Crippen molar-refractivity contribution in [1.82, 2.24) is 9.78 Å². The van der Waals surface area contributed by atoms with Crippen LogP contribution in [0.15, 0.2) is 53.3 Å². The number of aromatic nitrogens is 2. The Hall–Kier alpha value is -4.03. The molecule has 2 aromatic carbocycles. The Morgan fingerprint density at radius 3 is 2.49 bits per heavy atom. The van der Waals surface area contributed by atoms with Crippen LogP contribution in [-0.4, -0.2) is 47.1 Å². The van der Waals surface area contributed by atoms with Crippen molar-refractivity contribution >= 4 is 11.6 Å². The second-order valence-corrected chi connectivity index (χ2v) is 10.3. The number of amides is 1. The molecule has 0 unspecified atom stereocenters. The van der Waals surface area contributed by atoms with Crippen LogP contribution in [0.1, 0.15) is 26.3 Å². The van der Waals surface area contributed by atoms with Gasteiger partial charge in [0.1, 0.15) is 29.6 Å². The third kappa shape index (κ3) is 4.59. The van der Waals surface area contributed by atoms with Crippen molar-refractivity contribution in [1.29, 1.82) is 0 Å².